The first-order chi connectivity index (χ1) is 8.74. The predicted octanol–water partition coefficient (Wildman–Crippen LogP) is 2.18. The Morgan fingerprint density at radius 1 is 1.33 bits per heavy atom. The van der Waals surface area contributed by atoms with Gasteiger partial charge in [-0.05, 0) is 36.5 Å². The Hall–Kier alpha value is -1.61. The van der Waals surface area contributed by atoms with Crippen molar-refractivity contribution in [1.29, 1.82) is 0 Å². The lowest BCUT2D eigenvalue weighted by molar-refractivity contribution is 0.0705. The lowest BCUT2D eigenvalue weighted by atomic mass is 9.96. The number of nitrogens with two attached hydrogens (primary N) is 1. The van der Waals surface area contributed by atoms with Crippen LogP contribution in [0.2, 0.25) is 0 Å². The summed E-state index contributed by atoms with van der Waals surface area (Å²) in [5.74, 6) is 0.690. The Kier molecular flexibility index (Phi) is 4.15. The minimum atomic E-state index is 0.126. The van der Waals surface area contributed by atoms with E-state index in [1.807, 2.05) is 35.2 Å². The van der Waals surface area contributed by atoms with Gasteiger partial charge in [0, 0.05) is 25.2 Å². The van der Waals surface area contributed by atoms with Gasteiger partial charge in [-0.15, -0.1) is 6.58 Å². The number of amides is 1. The van der Waals surface area contributed by atoms with Gasteiger partial charge < -0.3 is 10.6 Å². The highest BCUT2D eigenvalue weighted by Crippen LogP contribution is 2.19. The number of likely N-dealkylation sites (tertiary alicyclic amines) is 1. The van der Waals surface area contributed by atoms with Crippen molar-refractivity contribution < 1.29 is 4.79 Å². The summed E-state index contributed by atoms with van der Waals surface area (Å²) < 4.78 is 0. The van der Waals surface area contributed by atoms with Gasteiger partial charge in [-0.2, -0.15) is 0 Å². The highest BCUT2D eigenvalue weighted by Gasteiger charge is 2.21. The first-order valence-electron chi connectivity index (χ1n) is 6.45. The number of carbonyl (C=O) groups excluding carboxylic acids is 1. The van der Waals surface area contributed by atoms with E-state index in [2.05, 4.69) is 6.58 Å². The van der Waals surface area contributed by atoms with Gasteiger partial charge in [-0.3, -0.25) is 4.79 Å². The van der Waals surface area contributed by atoms with E-state index in [1.165, 1.54) is 0 Å². The molecule has 1 aromatic carbocycles. The Bertz CT molecular complexity index is 417. The molecule has 2 rings (SSSR count). The molecule has 3 nitrogen and oxygen atoms in total. The molecule has 1 aromatic rings. The van der Waals surface area contributed by atoms with Crippen LogP contribution in [0.1, 0.15) is 28.8 Å². The van der Waals surface area contributed by atoms with Gasteiger partial charge in [0.05, 0.1) is 0 Å². The van der Waals surface area contributed by atoms with Crippen molar-refractivity contribution in [3.05, 3.63) is 48.0 Å². The van der Waals surface area contributed by atoms with Gasteiger partial charge in [-0.1, -0.05) is 18.2 Å². The molecule has 0 spiro atoms. The van der Waals surface area contributed by atoms with Crippen molar-refractivity contribution in [2.24, 2.45) is 11.7 Å². The van der Waals surface area contributed by atoms with Crippen LogP contribution in [0.3, 0.4) is 0 Å². The van der Waals surface area contributed by atoms with Crippen LogP contribution in [0, 0.1) is 5.92 Å². The maximum absolute atomic E-state index is 12.3. The zero-order chi connectivity index (χ0) is 13.0. The van der Waals surface area contributed by atoms with Crippen LogP contribution in [0.15, 0.2) is 36.9 Å². The second-order valence-corrected chi connectivity index (χ2v) is 4.77. The first-order valence-corrected chi connectivity index (χ1v) is 6.45. The minimum Gasteiger partial charge on any atom is -0.339 e. The number of hydrogen-bond acceptors (Lipinski definition) is 2. The van der Waals surface area contributed by atoms with Gasteiger partial charge in [0.2, 0.25) is 0 Å². The summed E-state index contributed by atoms with van der Waals surface area (Å²) >= 11 is 0. The zero-order valence-corrected chi connectivity index (χ0v) is 10.6. The second kappa shape index (κ2) is 5.83. The molecule has 1 saturated heterocycles. The highest BCUT2D eigenvalue weighted by molar-refractivity contribution is 5.94. The summed E-state index contributed by atoms with van der Waals surface area (Å²) in [5.41, 5.74) is 7.35. The van der Waals surface area contributed by atoms with E-state index in [1.54, 1.807) is 0 Å². The molecule has 0 aromatic heterocycles. The monoisotopic (exact) mass is 244 g/mol. The van der Waals surface area contributed by atoms with Crippen molar-refractivity contribution >= 4 is 5.91 Å². The molecule has 0 aliphatic carbocycles. The van der Waals surface area contributed by atoms with Crippen LogP contribution in [0.5, 0.6) is 0 Å². The molecule has 1 amide bonds. The average Bonchev–Trinajstić information content (AvgIpc) is 2.47. The molecule has 0 radical (unpaired) electrons. The molecular formula is C15H20N2O. The first kappa shape index (κ1) is 12.8. The molecule has 2 N–H and O–H groups in total. The second-order valence-electron chi connectivity index (χ2n) is 4.77. The normalized spacial score (nSPS) is 16.6. The standard InChI is InChI=1S/C15H20N2O/c1-2-12-7-9-17(10-8-12)15(18)14-5-3-13(11-16)4-6-14/h2-6,12H,1,7-11,16H2. The summed E-state index contributed by atoms with van der Waals surface area (Å²) in [7, 11) is 0. The summed E-state index contributed by atoms with van der Waals surface area (Å²) in [6, 6.07) is 7.57. The van der Waals surface area contributed by atoms with Crippen LogP contribution >= 0.6 is 0 Å². The van der Waals surface area contributed by atoms with Crippen LogP contribution in [-0.2, 0) is 6.54 Å². The van der Waals surface area contributed by atoms with Crippen molar-refractivity contribution in [2.75, 3.05) is 13.1 Å². The van der Waals surface area contributed by atoms with Crippen LogP contribution in [0.25, 0.3) is 0 Å². The summed E-state index contributed by atoms with van der Waals surface area (Å²) in [6.45, 7) is 5.98. The minimum absolute atomic E-state index is 0.126. The van der Waals surface area contributed by atoms with Crippen molar-refractivity contribution in [3.63, 3.8) is 0 Å². The van der Waals surface area contributed by atoms with Crippen molar-refractivity contribution in [1.82, 2.24) is 4.90 Å². The molecule has 0 atom stereocenters. The fraction of sp³-hybridized carbons (Fsp3) is 0.400. The molecular weight excluding hydrogens is 224 g/mol. The van der Waals surface area contributed by atoms with Crippen molar-refractivity contribution in [2.45, 2.75) is 19.4 Å². The summed E-state index contributed by atoms with van der Waals surface area (Å²) in [4.78, 5) is 14.2. The largest absolute Gasteiger partial charge is 0.339 e. The molecule has 0 saturated carbocycles. The quantitative estimate of drug-likeness (QED) is 0.828. The van der Waals surface area contributed by atoms with E-state index >= 15 is 0 Å². The molecule has 0 bridgehead atoms. The lowest BCUT2D eigenvalue weighted by Gasteiger charge is -2.30. The Balaban J connectivity index is 2.00. The van der Waals surface area contributed by atoms with Crippen molar-refractivity contribution in [3.8, 4) is 0 Å². The molecule has 18 heavy (non-hydrogen) atoms. The third kappa shape index (κ3) is 2.79. The predicted molar refractivity (Wildman–Crippen MR) is 73.2 cm³/mol. The number of allylic oxidation sites excluding steroid dienone is 1. The highest BCUT2D eigenvalue weighted by atomic mass is 16.2. The third-order valence-corrected chi connectivity index (χ3v) is 3.60. The molecule has 1 heterocycles. The van der Waals surface area contributed by atoms with E-state index in [0.29, 0.717) is 12.5 Å². The lowest BCUT2D eigenvalue weighted by Crippen LogP contribution is -2.38. The third-order valence-electron chi connectivity index (χ3n) is 3.60. The van der Waals surface area contributed by atoms with Crippen LogP contribution in [-0.4, -0.2) is 23.9 Å². The van der Waals surface area contributed by atoms with Gasteiger partial charge in [0.15, 0.2) is 0 Å². The smallest absolute Gasteiger partial charge is 0.253 e. The summed E-state index contributed by atoms with van der Waals surface area (Å²) in [6.07, 6.45) is 4.05. The maximum atomic E-state index is 12.3. The SMILES string of the molecule is C=CC1CCN(C(=O)c2ccc(CN)cc2)CC1. The molecule has 1 aliphatic heterocycles. The van der Waals surface area contributed by atoms with Crippen LogP contribution in [0.4, 0.5) is 0 Å². The van der Waals surface area contributed by atoms with E-state index in [-0.39, 0.29) is 5.91 Å². The summed E-state index contributed by atoms with van der Waals surface area (Å²) in [5, 5.41) is 0. The topological polar surface area (TPSA) is 46.3 Å². The molecule has 1 fully saturated rings. The Morgan fingerprint density at radius 2 is 1.94 bits per heavy atom. The van der Waals surface area contributed by atoms with Gasteiger partial charge in [-0.25, -0.2) is 0 Å². The fourth-order valence-electron chi connectivity index (χ4n) is 2.30. The Morgan fingerprint density at radius 3 is 2.44 bits per heavy atom. The number of carbonyl (C=O) groups is 1. The number of benzene rings is 1. The molecule has 1 aliphatic rings. The molecule has 0 unspecified atom stereocenters. The van der Waals surface area contributed by atoms with E-state index < -0.39 is 0 Å². The molecule has 96 valence electrons. The number of piperidine rings is 1. The van der Waals surface area contributed by atoms with E-state index in [4.69, 9.17) is 5.73 Å². The average molecular weight is 244 g/mol. The van der Waals surface area contributed by atoms with Gasteiger partial charge in [0.25, 0.3) is 5.91 Å². The number of hydrogen-bond donors (Lipinski definition) is 1. The molecule has 3 heteroatoms. The number of rotatable bonds is 3. The zero-order valence-electron chi connectivity index (χ0n) is 10.6. The van der Waals surface area contributed by atoms with E-state index in [0.717, 1.165) is 37.1 Å². The fourth-order valence-corrected chi connectivity index (χ4v) is 2.30. The van der Waals surface area contributed by atoms with Crippen LogP contribution < -0.4 is 5.73 Å². The van der Waals surface area contributed by atoms with E-state index in [9.17, 15) is 4.79 Å². The maximum Gasteiger partial charge on any atom is 0.253 e. The Labute approximate surface area is 108 Å². The van der Waals surface area contributed by atoms with Gasteiger partial charge in [0.1, 0.15) is 0 Å². The number of nitrogens with zero attached hydrogens (tertiary/aromatic N) is 1. The van der Waals surface area contributed by atoms with Gasteiger partial charge >= 0.3 is 0 Å².